The van der Waals surface area contributed by atoms with Crippen LogP contribution in [0.5, 0.6) is 0 Å². The minimum absolute atomic E-state index is 0.0764. The zero-order valence-electron chi connectivity index (χ0n) is 14.3. The van der Waals surface area contributed by atoms with Crippen LogP contribution in [0.4, 0.5) is 23.0 Å². The summed E-state index contributed by atoms with van der Waals surface area (Å²) in [6.45, 7) is 0. The van der Waals surface area contributed by atoms with Gasteiger partial charge in [-0.1, -0.05) is 0 Å². The summed E-state index contributed by atoms with van der Waals surface area (Å²) in [5, 5.41) is 20.3. The van der Waals surface area contributed by atoms with Crippen molar-refractivity contribution in [3.8, 4) is 0 Å². The van der Waals surface area contributed by atoms with Gasteiger partial charge in [-0.25, -0.2) is 9.97 Å². The summed E-state index contributed by atoms with van der Waals surface area (Å²) < 4.78 is 66.3. The van der Waals surface area contributed by atoms with Gasteiger partial charge in [0.25, 0.3) is 0 Å². The number of anilines is 2. The van der Waals surface area contributed by atoms with E-state index in [2.05, 4.69) is 9.97 Å². The second-order valence-electron chi connectivity index (χ2n) is 4.31. The van der Waals surface area contributed by atoms with Gasteiger partial charge in [-0.3, -0.25) is 31.7 Å². The molecule has 0 fully saturated rings. The minimum atomic E-state index is -5.50. The van der Waals surface area contributed by atoms with Gasteiger partial charge in [0.15, 0.2) is 0 Å². The number of pyridine rings is 2. The van der Waals surface area contributed by atoms with E-state index in [0.717, 1.165) is 0 Å². The normalized spacial score (nSPS) is 10.0. The zero-order valence-corrected chi connectivity index (χ0v) is 17.7. The molecule has 18 nitrogen and oxygen atoms in total. The Kier molecular flexibility index (Phi) is 12.6. The predicted molar refractivity (Wildman–Crippen MR) is 86.8 cm³/mol. The third kappa shape index (κ3) is 19.5. The Morgan fingerprint density at radius 2 is 1.00 bits per heavy atom. The molecule has 0 aromatic carbocycles. The predicted octanol–water partition coefficient (Wildman–Crippen LogP) is -4.75. The summed E-state index contributed by atoms with van der Waals surface area (Å²) in [5.41, 5.74) is 10.3. The van der Waals surface area contributed by atoms with E-state index in [1.165, 1.54) is 36.7 Å². The number of nitrogens with two attached hydrogens (primary N) is 2. The fraction of sp³-hybridized carbons (Fsp3) is 0. The molecule has 0 saturated heterocycles. The molecule has 0 unspecified atom stereocenters. The van der Waals surface area contributed by atoms with Gasteiger partial charge in [-0.2, -0.15) is 0 Å². The van der Waals surface area contributed by atoms with Crippen LogP contribution in [0, 0.1) is 20.2 Å². The Morgan fingerprint density at radius 1 is 0.767 bits per heavy atom. The summed E-state index contributed by atoms with van der Waals surface area (Å²) >= 11 is -11.0. The second-order valence-corrected chi connectivity index (χ2v) is 7.90. The number of nitro groups is 2. The Labute approximate surface area is 170 Å². The first-order chi connectivity index (χ1) is 13.4. The van der Waals surface area contributed by atoms with Crippen LogP contribution in [0.1, 0.15) is 0 Å². The molecule has 20 heteroatoms. The first-order valence-corrected chi connectivity index (χ1v) is 12.3. The van der Waals surface area contributed by atoms with Crippen LogP contribution in [-0.4, -0.2) is 45.0 Å². The van der Waals surface area contributed by atoms with Crippen molar-refractivity contribution in [3.05, 3.63) is 56.9 Å². The number of rotatable bonds is 2. The number of hydrogen-bond donors (Lipinski definition) is 4. The van der Waals surface area contributed by atoms with Crippen molar-refractivity contribution in [1.29, 1.82) is 0 Å². The number of H-pyrrole nitrogens is 2. The van der Waals surface area contributed by atoms with Crippen LogP contribution < -0.4 is 29.8 Å². The molecule has 0 bridgehead atoms. The van der Waals surface area contributed by atoms with Crippen LogP contribution in [0.15, 0.2) is 36.7 Å². The van der Waals surface area contributed by atoms with E-state index >= 15 is 0 Å². The molecule has 2 aromatic heterocycles. The molecular weight excluding hydrogens is 554 g/mol. The number of nitrogen functional groups attached to an aromatic ring is 2. The first-order valence-electron chi connectivity index (χ1n) is 6.61. The Hall–Kier alpha value is -3.22. The Balaban J connectivity index is 0. The maximum atomic E-state index is 10.1. The van der Waals surface area contributed by atoms with E-state index < -0.39 is 36.6 Å². The summed E-state index contributed by atoms with van der Waals surface area (Å²) in [7, 11) is 0. The molecule has 0 aliphatic carbocycles. The molecule has 0 aliphatic rings. The first kappa shape index (κ1) is 29.0. The number of hydrogen-bond acceptors (Lipinski definition) is 12. The molecule has 0 aliphatic heterocycles. The number of aromatic nitrogens is 2. The number of nitrogens with zero attached hydrogens (tertiary/aromatic N) is 2. The number of nitrogens with one attached hydrogen (secondary N) is 2. The molecule has 0 saturated carbocycles. The van der Waals surface area contributed by atoms with E-state index in [-0.39, 0.29) is 23.0 Å². The van der Waals surface area contributed by atoms with E-state index in [0.29, 0.717) is 0 Å². The van der Waals surface area contributed by atoms with E-state index in [9.17, 15) is 20.2 Å². The molecule has 0 radical (unpaired) electrons. The standard InChI is InChI=1S/2C5H5N3O2.2H2O4Se/c2*6-5-4(8(9)10)2-1-3-7-5;2*1-5(2,3)4/h2*1-3H,(H2,6,7);2*(H2,1,2,3,4). The van der Waals surface area contributed by atoms with Gasteiger partial charge in [-0.05, 0) is 12.1 Å². The van der Waals surface area contributed by atoms with Crippen LogP contribution in [-0.2, 0) is 15.3 Å². The van der Waals surface area contributed by atoms with Crippen molar-refractivity contribution in [3.63, 3.8) is 0 Å². The molecule has 168 valence electrons. The molecule has 2 aromatic rings. The van der Waals surface area contributed by atoms with Crippen molar-refractivity contribution >= 4 is 49.7 Å². The average Bonchev–Trinajstić information content (AvgIpc) is 2.52. The van der Waals surface area contributed by atoms with Crippen molar-refractivity contribution in [2.24, 2.45) is 0 Å². The summed E-state index contributed by atoms with van der Waals surface area (Å²) in [6, 6.07) is 5.72. The van der Waals surface area contributed by atoms with Crippen molar-refractivity contribution < 1.29 is 51.9 Å². The quantitative estimate of drug-likeness (QED) is 0.150. The van der Waals surface area contributed by atoms with Crippen molar-refractivity contribution in [1.82, 2.24) is 0 Å². The average molecular weight is 568 g/mol. The van der Waals surface area contributed by atoms with Gasteiger partial charge in [-0.15, -0.1) is 0 Å². The summed E-state index contributed by atoms with van der Waals surface area (Å²) in [5.74, 6) is 0.153. The van der Waals surface area contributed by atoms with Gasteiger partial charge in [0.2, 0.25) is 0 Å². The third-order valence-corrected chi connectivity index (χ3v) is 2.12. The summed E-state index contributed by atoms with van der Waals surface area (Å²) in [6.07, 6.45) is 3.06. The van der Waals surface area contributed by atoms with Crippen LogP contribution >= 0.6 is 0 Å². The topological polar surface area (TPSA) is 321 Å². The number of aromatic amines is 2. The molecule has 2 rings (SSSR count). The van der Waals surface area contributed by atoms with Crippen LogP contribution in [0.2, 0.25) is 0 Å². The zero-order chi connectivity index (χ0) is 24.1. The van der Waals surface area contributed by atoms with Gasteiger partial charge >= 0.3 is 81.8 Å². The Bertz CT molecular complexity index is 957. The van der Waals surface area contributed by atoms with Gasteiger partial charge in [0.1, 0.15) is 0 Å². The van der Waals surface area contributed by atoms with E-state index in [1.54, 1.807) is 0 Å². The van der Waals surface area contributed by atoms with Crippen molar-refractivity contribution in [2.75, 3.05) is 11.5 Å². The summed E-state index contributed by atoms with van der Waals surface area (Å²) in [4.78, 5) is 24.2. The van der Waals surface area contributed by atoms with E-state index in [4.69, 9.17) is 43.6 Å². The fourth-order valence-corrected chi connectivity index (χ4v) is 1.20. The SMILES string of the molecule is Nc1[nH+]cccc1[N+](=O)[O-].Nc1[nH+]cccc1[N+](=O)[O-].O=[Se](=O)([O-])O.O=[Se](=O)([O-])O. The maximum absolute atomic E-state index is 10.1. The van der Waals surface area contributed by atoms with Gasteiger partial charge in [0.05, 0.1) is 22.2 Å². The fourth-order valence-electron chi connectivity index (χ4n) is 1.20. The van der Waals surface area contributed by atoms with Crippen molar-refractivity contribution in [2.45, 2.75) is 0 Å². The van der Waals surface area contributed by atoms with Gasteiger partial charge < -0.3 is 0 Å². The van der Waals surface area contributed by atoms with Crippen LogP contribution in [0.25, 0.3) is 0 Å². The molecule has 0 atom stereocenters. The van der Waals surface area contributed by atoms with Gasteiger partial charge in [0, 0.05) is 12.1 Å². The van der Waals surface area contributed by atoms with Crippen LogP contribution in [0.3, 0.4) is 0 Å². The molecule has 8 N–H and O–H groups in total. The molecule has 0 amide bonds. The molecule has 2 heterocycles. The molecular formula is C10H14N6O12Se2. The molecule has 30 heavy (non-hydrogen) atoms. The van der Waals surface area contributed by atoms with E-state index in [1.807, 2.05) is 0 Å². The second kappa shape index (κ2) is 13.1. The third-order valence-electron chi connectivity index (χ3n) is 2.12. The molecule has 0 spiro atoms. The monoisotopic (exact) mass is 570 g/mol. The Morgan fingerprint density at radius 3 is 1.13 bits per heavy atom.